The Kier molecular flexibility index (Phi) is 5.39. The molecule has 0 aliphatic heterocycles. The van der Waals surface area contributed by atoms with E-state index in [1.54, 1.807) is 37.4 Å². The lowest BCUT2D eigenvalue weighted by atomic mass is 9.91. The monoisotopic (exact) mass is 412 g/mol. The molecule has 150 valence electrons. The van der Waals surface area contributed by atoms with Crippen molar-refractivity contribution in [3.05, 3.63) is 71.8 Å². The molecule has 3 aromatic rings. The number of non-ortho nitro benzene ring substituents is 1. The number of hydrogen-bond acceptors (Lipinski definition) is 6. The Morgan fingerprint density at radius 2 is 1.83 bits per heavy atom. The van der Waals surface area contributed by atoms with Crippen LogP contribution in [0.3, 0.4) is 0 Å². The van der Waals surface area contributed by atoms with Crippen molar-refractivity contribution >= 4 is 35.0 Å². The molecule has 29 heavy (non-hydrogen) atoms. The number of thiazole rings is 1. The second-order valence-electron chi connectivity index (χ2n) is 7.58. The average molecular weight is 412 g/mol. The molecule has 2 aromatic heterocycles. The molecule has 0 amide bonds. The highest BCUT2D eigenvalue weighted by molar-refractivity contribution is 7.07. The SMILES string of the molecule is Cn1c(=O)/c(=C\c2ccc(-c3ccc([N+](=O)[O-])cc3)o2)s/c1=C\C(=O)C(C)(C)C. The first kappa shape index (κ1) is 20.5. The van der Waals surface area contributed by atoms with Crippen LogP contribution < -0.4 is 14.8 Å². The van der Waals surface area contributed by atoms with Crippen LogP contribution in [0.2, 0.25) is 0 Å². The molecule has 0 aliphatic carbocycles. The van der Waals surface area contributed by atoms with Crippen molar-refractivity contribution in [1.29, 1.82) is 0 Å². The molecule has 1 aromatic carbocycles. The van der Waals surface area contributed by atoms with Crippen LogP contribution in [0.1, 0.15) is 26.5 Å². The lowest BCUT2D eigenvalue weighted by Crippen LogP contribution is -2.29. The quantitative estimate of drug-likeness (QED) is 0.485. The van der Waals surface area contributed by atoms with Gasteiger partial charge in [0.25, 0.3) is 11.2 Å². The summed E-state index contributed by atoms with van der Waals surface area (Å²) >= 11 is 1.22. The van der Waals surface area contributed by atoms with Gasteiger partial charge in [0.05, 0.1) is 9.46 Å². The summed E-state index contributed by atoms with van der Waals surface area (Å²) in [5.74, 6) is 0.958. The standard InChI is InChI=1S/C21H20N2O5S/c1-21(2,3)18(24)12-19-22(4)20(25)17(29-19)11-15-9-10-16(28-15)13-5-7-14(8-6-13)23(26)27/h5-12H,1-4H3/b17-11+,19-12-. The highest BCUT2D eigenvalue weighted by atomic mass is 32.1. The van der Waals surface area contributed by atoms with Crippen molar-refractivity contribution in [1.82, 2.24) is 4.57 Å². The summed E-state index contributed by atoms with van der Waals surface area (Å²) in [6, 6.07) is 9.49. The van der Waals surface area contributed by atoms with Crippen molar-refractivity contribution in [2.24, 2.45) is 12.5 Å². The Labute approximate surface area is 170 Å². The van der Waals surface area contributed by atoms with E-state index in [-0.39, 0.29) is 17.0 Å². The third-order valence-corrected chi connectivity index (χ3v) is 5.43. The molecule has 8 heteroatoms. The van der Waals surface area contributed by atoms with Gasteiger partial charge in [0, 0.05) is 42.3 Å². The van der Waals surface area contributed by atoms with Crippen LogP contribution in [0.15, 0.2) is 45.6 Å². The predicted molar refractivity (Wildman–Crippen MR) is 112 cm³/mol. The smallest absolute Gasteiger partial charge is 0.269 e. The zero-order chi connectivity index (χ0) is 21.3. The van der Waals surface area contributed by atoms with Crippen LogP contribution in [0.4, 0.5) is 5.69 Å². The van der Waals surface area contributed by atoms with E-state index in [2.05, 4.69) is 0 Å². The Hall–Kier alpha value is -3.26. The molecule has 0 bridgehead atoms. The van der Waals surface area contributed by atoms with Gasteiger partial charge in [-0.2, -0.15) is 0 Å². The zero-order valence-electron chi connectivity index (χ0n) is 16.5. The number of nitro benzene ring substituents is 1. The highest BCUT2D eigenvalue weighted by Gasteiger charge is 2.19. The lowest BCUT2D eigenvalue weighted by Gasteiger charge is -2.12. The van der Waals surface area contributed by atoms with E-state index >= 15 is 0 Å². The minimum atomic E-state index is -0.523. The van der Waals surface area contributed by atoms with E-state index in [0.717, 1.165) is 0 Å². The minimum absolute atomic E-state index is 0.00255. The van der Waals surface area contributed by atoms with Crippen LogP contribution in [-0.4, -0.2) is 15.3 Å². The predicted octanol–water partition coefficient (Wildman–Crippen LogP) is 2.84. The molecular formula is C21H20N2O5S. The molecular weight excluding hydrogens is 392 g/mol. The zero-order valence-corrected chi connectivity index (χ0v) is 17.3. The first-order chi connectivity index (χ1) is 13.6. The van der Waals surface area contributed by atoms with Crippen molar-refractivity contribution in [2.75, 3.05) is 0 Å². The van der Waals surface area contributed by atoms with E-state index in [0.29, 0.717) is 26.3 Å². The van der Waals surface area contributed by atoms with Crippen LogP contribution >= 0.6 is 11.3 Å². The summed E-state index contributed by atoms with van der Waals surface area (Å²) in [5, 5.41) is 10.8. The van der Waals surface area contributed by atoms with Crippen molar-refractivity contribution in [3.8, 4) is 11.3 Å². The number of furan rings is 1. The molecule has 0 N–H and O–H groups in total. The molecule has 0 unspecified atom stereocenters. The van der Waals surface area contributed by atoms with Crippen LogP contribution in [0.25, 0.3) is 23.5 Å². The van der Waals surface area contributed by atoms with Gasteiger partial charge in [-0.3, -0.25) is 19.7 Å². The number of Topliss-reactive ketones (excluding diaryl/α,β-unsaturated/α-hetero) is 1. The maximum Gasteiger partial charge on any atom is 0.269 e. The summed E-state index contributed by atoms with van der Waals surface area (Å²) in [6.45, 7) is 5.48. The Morgan fingerprint density at radius 3 is 2.41 bits per heavy atom. The molecule has 7 nitrogen and oxygen atoms in total. The van der Waals surface area contributed by atoms with Gasteiger partial charge in [0.1, 0.15) is 16.2 Å². The molecule has 0 saturated carbocycles. The summed E-state index contributed by atoms with van der Waals surface area (Å²) in [4.78, 5) is 35.1. The molecule has 3 rings (SSSR count). The fourth-order valence-electron chi connectivity index (χ4n) is 2.50. The third-order valence-electron chi connectivity index (χ3n) is 4.32. The van der Waals surface area contributed by atoms with E-state index in [4.69, 9.17) is 4.42 Å². The molecule has 2 heterocycles. The van der Waals surface area contributed by atoms with Gasteiger partial charge in [0.15, 0.2) is 5.78 Å². The number of nitro groups is 1. The van der Waals surface area contributed by atoms with Gasteiger partial charge in [-0.15, -0.1) is 11.3 Å². The number of nitrogens with zero attached hydrogens (tertiary/aromatic N) is 2. The largest absolute Gasteiger partial charge is 0.457 e. The number of carbonyl (C=O) groups is 1. The maximum atomic E-state index is 12.5. The van der Waals surface area contributed by atoms with Gasteiger partial charge in [-0.25, -0.2) is 0 Å². The number of benzene rings is 1. The van der Waals surface area contributed by atoms with Gasteiger partial charge >= 0.3 is 0 Å². The van der Waals surface area contributed by atoms with Crippen LogP contribution in [-0.2, 0) is 11.8 Å². The molecule has 0 aliphatic rings. The number of ketones is 1. The second kappa shape index (κ2) is 7.63. The first-order valence-corrected chi connectivity index (χ1v) is 9.66. The maximum absolute atomic E-state index is 12.5. The Morgan fingerprint density at radius 1 is 1.17 bits per heavy atom. The molecule has 0 fully saturated rings. The Bertz CT molecular complexity index is 1250. The first-order valence-electron chi connectivity index (χ1n) is 8.84. The van der Waals surface area contributed by atoms with E-state index in [1.807, 2.05) is 20.8 Å². The summed E-state index contributed by atoms with van der Waals surface area (Å²) in [5.41, 5.74) is -0.0388. The molecule has 0 radical (unpaired) electrons. The van der Waals surface area contributed by atoms with E-state index in [9.17, 15) is 19.7 Å². The van der Waals surface area contributed by atoms with Crippen molar-refractivity contribution in [3.63, 3.8) is 0 Å². The summed E-state index contributed by atoms with van der Waals surface area (Å²) < 4.78 is 8.24. The highest BCUT2D eigenvalue weighted by Crippen LogP contribution is 2.24. The third kappa shape index (κ3) is 4.43. The molecule has 0 saturated heterocycles. The van der Waals surface area contributed by atoms with Gasteiger partial charge in [-0.05, 0) is 24.3 Å². The molecule has 0 atom stereocenters. The Balaban J connectivity index is 1.97. The van der Waals surface area contributed by atoms with Gasteiger partial charge in [-0.1, -0.05) is 20.8 Å². The molecule has 0 spiro atoms. The minimum Gasteiger partial charge on any atom is -0.457 e. The van der Waals surface area contributed by atoms with Crippen LogP contribution in [0.5, 0.6) is 0 Å². The van der Waals surface area contributed by atoms with Crippen molar-refractivity contribution < 1.29 is 14.1 Å². The van der Waals surface area contributed by atoms with Crippen molar-refractivity contribution in [2.45, 2.75) is 20.8 Å². The number of aromatic nitrogens is 1. The lowest BCUT2D eigenvalue weighted by molar-refractivity contribution is -0.384. The number of carbonyl (C=O) groups excluding carboxylic acids is 1. The fourth-order valence-corrected chi connectivity index (χ4v) is 3.51. The second-order valence-corrected chi connectivity index (χ2v) is 8.64. The van der Waals surface area contributed by atoms with Crippen LogP contribution in [0, 0.1) is 15.5 Å². The normalized spacial score (nSPS) is 13.1. The average Bonchev–Trinajstić information content (AvgIpc) is 3.22. The number of rotatable bonds is 4. The van der Waals surface area contributed by atoms with Gasteiger partial charge < -0.3 is 8.98 Å². The topological polar surface area (TPSA) is 95.3 Å². The van der Waals surface area contributed by atoms with E-state index < -0.39 is 10.3 Å². The van der Waals surface area contributed by atoms with Gasteiger partial charge in [0.2, 0.25) is 0 Å². The van der Waals surface area contributed by atoms with E-state index in [1.165, 1.54) is 34.1 Å². The summed E-state index contributed by atoms with van der Waals surface area (Å²) in [7, 11) is 1.63. The summed E-state index contributed by atoms with van der Waals surface area (Å²) in [6.07, 6.45) is 3.12. The number of hydrogen-bond donors (Lipinski definition) is 0. The fraction of sp³-hybridized carbons (Fsp3) is 0.238.